The molecule has 122 valence electrons. The fraction of sp³-hybridized carbons (Fsp3) is 0.944. The molecule has 0 aromatic heterocycles. The van der Waals surface area contributed by atoms with Crippen LogP contribution in [0.3, 0.4) is 0 Å². The molecule has 0 radical (unpaired) electrons. The molecule has 0 amide bonds. The van der Waals surface area contributed by atoms with Crippen LogP contribution in [-0.4, -0.2) is 36.6 Å². The van der Waals surface area contributed by atoms with Gasteiger partial charge in [0.15, 0.2) is 0 Å². The zero-order valence-corrected chi connectivity index (χ0v) is 14.6. The van der Waals surface area contributed by atoms with Crippen molar-refractivity contribution in [3.05, 3.63) is 0 Å². The summed E-state index contributed by atoms with van der Waals surface area (Å²) in [4.78, 5) is 2.55. The summed E-state index contributed by atoms with van der Waals surface area (Å²) in [6.45, 7) is 8.67. The molecule has 0 heterocycles. The highest BCUT2D eigenvalue weighted by molar-refractivity contribution is 5.03. The predicted octanol–water partition coefficient (Wildman–Crippen LogP) is 3.95. The van der Waals surface area contributed by atoms with Gasteiger partial charge >= 0.3 is 0 Å². The SMILES string of the molecule is CCCNC(C)(C#N)CCCCN(C)C1CCC(C)CC1. The van der Waals surface area contributed by atoms with Gasteiger partial charge in [0.25, 0.3) is 0 Å². The molecular formula is C18H35N3. The van der Waals surface area contributed by atoms with Crippen LogP contribution in [0.1, 0.15) is 72.1 Å². The Bertz CT molecular complexity index is 315. The number of nitrogens with one attached hydrogen (secondary N) is 1. The summed E-state index contributed by atoms with van der Waals surface area (Å²) in [5.74, 6) is 0.927. The molecular weight excluding hydrogens is 258 g/mol. The van der Waals surface area contributed by atoms with E-state index in [1.165, 1.54) is 38.6 Å². The van der Waals surface area contributed by atoms with Crippen molar-refractivity contribution in [1.29, 1.82) is 5.26 Å². The van der Waals surface area contributed by atoms with Gasteiger partial charge in [-0.1, -0.05) is 13.8 Å². The quantitative estimate of drug-likeness (QED) is 0.654. The fourth-order valence-corrected chi connectivity index (χ4v) is 3.29. The maximum Gasteiger partial charge on any atom is 0.103 e. The van der Waals surface area contributed by atoms with Gasteiger partial charge in [-0.15, -0.1) is 0 Å². The molecule has 1 fully saturated rings. The molecule has 1 aliphatic rings. The minimum atomic E-state index is -0.338. The lowest BCUT2D eigenvalue weighted by Crippen LogP contribution is -2.41. The smallest absolute Gasteiger partial charge is 0.103 e. The third-order valence-corrected chi connectivity index (χ3v) is 5.06. The molecule has 21 heavy (non-hydrogen) atoms. The van der Waals surface area contributed by atoms with Gasteiger partial charge in [0.1, 0.15) is 5.54 Å². The highest BCUT2D eigenvalue weighted by atomic mass is 15.1. The van der Waals surface area contributed by atoms with Gasteiger partial charge in [-0.2, -0.15) is 5.26 Å². The van der Waals surface area contributed by atoms with Crippen LogP contribution in [0.15, 0.2) is 0 Å². The first-order chi connectivity index (χ1) is 10.0. The van der Waals surface area contributed by atoms with Crippen LogP contribution in [0.4, 0.5) is 0 Å². The third kappa shape index (κ3) is 6.80. The Kier molecular flexibility index (Phi) is 8.29. The number of hydrogen-bond donors (Lipinski definition) is 1. The van der Waals surface area contributed by atoms with Crippen molar-refractivity contribution in [3.63, 3.8) is 0 Å². The zero-order chi connectivity index (χ0) is 15.7. The van der Waals surface area contributed by atoms with Crippen LogP contribution in [-0.2, 0) is 0 Å². The minimum absolute atomic E-state index is 0.338. The van der Waals surface area contributed by atoms with Crippen LogP contribution in [0, 0.1) is 17.2 Å². The molecule has 1 unspecified atom stereocenters. The molecule has 1 aliphatic carbocycles. The zero-order valence-electron chi connectivity index (χ0n) is 14.6. The second kappa shape index (κ2) is 9.43. The van der Waals surface area contributed by atoms with E-state index >= 15 is 0 Å². The van der Waals surface area contributed by atoms with Gasteiger partial charge in [-0.25, -0.2) is 0 Å². The maximum atomic E-state index is 9.33. The summed E-state index contributed by atoms with van der Waals surface area (Å²) in [6, 6.07) is 3.24. The van der Waals surface area contributed by atoms with E-state index in [9.17, 15) is 5.26 Å². The van der Waals surface area contributed by atoms with Gasteiger partial charge < -0.3 is 4.90 Å². The van der Waals surface area contributed by atoms with E-state index in [-0.39, 0.29) is 5.54 Å². The van der Waals surface area contributed by atoms with E-state index in [0.29, 0.717) is 0 Å². The van der Waals surface area contributed by atoms with Crippen LogP contribution < -0.4 is 5.32 Å². The molecule has 0 saturated heterocycles. The Labute approximate surface area is 132 Å². The Morgan fingerprint density at radius 3 is 2.48 bits per heavy atom. The molecule has 3 nitrogen and oxygen atoms in total. The molecule has 0 aliphatic heterocycles. The van der Waals surface area contributed by atoms with Gasteiger partial charge in [0.2, 0.25) is 0 Å². The lowest BCUT2D eigenvalue weighted by molar-refractivity contribution is 0.167. The van der Waals surface area contributed by atoms with E-state index in [1.807, 2.05) is 6.92 Å². The Balaban J connectivity index is 2.19. The molecule has 1 rings (SSSR count). The Morgan fingerprint density at radius 1 is 1.24 bits per heavy atom. The summed E-state index contributed by atoms with van der Waals surface area (Å²) in [5, 5.41) is 12.7. The van der Waals surface area contributed by atoms with Crippen LogP contribution >= 0.6 is 0 Å². The van der Waals surface area contributed by atoms with Crippen molar-refractivity contribution in [2.24, 2.45) is 5.92 Å². The highest BCUT2D eigenvalue weighted by Crippen LogP contribution is 2.26. The predicted molar refractivity (Wildman–Crippen MR) is 90.2 cm³/mol. The lowest BCUT2D eigenvalue weighted by atomic mass is 9.86. The molecule has 0 aromatic carbocycles. The minimum Gasteiger partial charge on any atom is -0.303 e. The van der Waals surface area contributed by atoms with Crippen molar-refractivity contribution in [2.75, 3.05) is 20.1 Å². The van der Waals surface area contributed by atoms with Gasteiger partial charge in [-0.3, -0.25) is 5.32 Å². The molecule has 0 bridgehead atoms. The standard InChI is InChI=1S/C18H35N3/c1-5-13-20-18(3,15-19)12-6-7-14-21(4)17-10-8-16(2)9-11-17/h16-17,20H,5-14H2,1-4H3. The van der Waals surface area contributed by atoms with E-state index in [1.54, 1.807) is 0 Å². The fourth-order valence-electron chi connectivity index (χ4n) is 3.29. The largest absolute Gasteiger partial charge is 0.303 e. The van der Waals surface area contributed by atoms with E-state index in [0.717, 1.165) is 37.8 Å². The second-order valence-corrected chi connectivity index (χ2v) is 7.22. The average Bonchev–Trinajstić information content (AvgIpc) is 2.50. The average molecular weight is 293 g/mol. The normalized spacial score (nSPS) is 25.5. The summed E-state index contributed by atoms with van der Waals surface area (Å²) < 4.78 is 0. The summed E-state index contributed by atoms with van der Waals surface area (Å²) >= 11 is 0. The van der Waals surface area contributed by atoms with Gasteiger partial charge in [-0.05, 0) is 84.3 Å². The molecule has 3 heteroatoms. The number of rotatable bonds is 9. The molecule has 0 spiro atoms. The number of nitriles is 1. The summed E-state index contributed by atoms with van der Waals surface area (Å²) in [7, 11) is 2.28. The van der Waals surface area contributed by atoms with Gasteiger partial charge in [0, 0.05) is 6.04 Å². The van der Waals surface area contributed by atoms with Crippen LogP contribution in [0.25, 0.3) is 0 Å². The molecule has 1 saturated carbocycles. The molecule has 0 aromatic rings. The van der Waals surface area contributed by atoms with Crippen molar-refractivity contribution in [3.8, 4) is 6.07 Å². The third-order valence-electron chi connectivity index (χ3n) is 5.06. The number of hydrogen-bond acceptors (Lipinski definition) is 3. The maximum absolute atomic E-state index is 9.33. The van der Waals surface area contributed by atoms with Crippen molar-refractivity contribution in [2.45, 2.75) is 83.7 Å². The molecule has 1 atom stereocenters. The first-order valence-corrected chi connectivity index (χ1v) is 8.87. The van der Waals surface area contributed by atoms with E-state index < -0.39 is 0 Å². The number of unbranched alkanes of at least 4 members (excludes halogenated alkanes) is 1. The topological polar surface area (TPSA) is 39.1 Å². The van der Waals surface area contributed by atoms with Crippen LogP contribution in [0.5, 0.6) is 0 Å². The van der Waals surface area contributed by atoms with Crippen LogP contribution in [0.2, 0.25) is 0 Å². The van der Waals surface area contributed by atoms with Crippen molar-refractivity contribution < 1.29 is 0 Å². The Hall–Kier alpha value is -0.590. The number of nitrogens with zero attached hydrogens (tertiary/aromatic N) is 2. The van der Waals surface area contributed by atoms with Crippen molar-refractivity contribution in [1.82, 2.24) is 10.2 Å². The summed E-state index contributed by atoms with van der Waals surface area (Å²) in [6.07, 6.45) is 9.89. The van der Waals surface area contributed by atoms with Gasteiger partial charge in [0.05, 0.1) is 6.07 Å². The lowest BCUT2D eigenvalue weighted by Gasteiger charge is -2.33. The van der Waals surface area contributed by atoms with E-state index in [4.69, 9.17) is 0 Å². The van der Waals surface area contributed by atoms with E-state index in [2.05, 4.69) is 37.2 Å². The monoisotopic (exact) mass is 293 g/mol. The second-order valence-electron chi connectivity index (χ2n) is 7.22. The van der Waals surface area contributed by atoms with Crippen molar-refractivity contribution >= 4 is 0 Å². The highest BCUT2D eigenvalue weighted by Gasteiger charge is 2.23. The Morgan fingerprint density at radius 2 is 1.90 bits per heavy atom. The first kappa shape index (κ1) is 18.5. The molecule has 1 N–H and O–H groups in total. The summed E-state index contributed by atoms with van der Waals surface area (Å²) in [5.41, 5.74) is -0.338. The first-order valence-electron chi connectivity index (χ1n) is 8.87.